The van der Waals surface area contributed by atoms with Crippen LogP contribution >= 0.6 is 0 Å². The van der Waals surface area contributed by atoms with E-state index in [4.69, 9.17) is 5.73 Å². The summed E-state index contributed by atoms with van der Waals surface area (Å²) in [6, 6.07) is 5.45. The first-order chi connectivity index (χ1) is 9.46. The van der Waals surface area contributed by atoms with Gasteiger partial charge in [-0.25, -0.2) is 0 Å². The van der Waals surface area contributed by atoms with Crippen LogP contribution in [0.15, 0.2) is 18.2 Å². The quantitative estimate of drug-likeness (QED) is 0.770. The van der Waals surface area contributed by atoms with Crippen LogP contribution in [0.2, 0.25) is 0 Å². The van der Waals surface area contributed by atoms with Crippen molar-refractivity contribution in [1.29, 1.82) is 0 Å². The van der Waals surface area contributed by atoms with Gasteiger partial charge in [0.25, 0.3) is 0 Å². The predicted octanol–water partition coefficient (Wildman–Crippen LogP) is 2.16. The van der Waals surface area contributed by atoms with Gasteiger partial charge in [0.2, 0.25) is 11.8 Å². The van der Waals surface area contributed by atoms with E-state index in [2.05, 4.69) is 10.6 Å². The number of carbonyl (C=O) groups excluding carboxylic acids is 2. The molecule has 1 fully saturated rings. The lowest BCUT2D eigenvalue weighted by atomic mass is 10.1. The highest BCUT2D eigenvalue weighted by Crippen LogP contribution is 2.34. The Balaban J connectivity index is 2.10. The van der Waals surface area contributed by atoms with Crippen LogP contribution in [-0.2, 0) is 9.59 Å². The summed E-state index contributed by atoms with van der Waals surface area (Å²) in [6.45, 7) is 3.83. The monoisotopic (exact) mass is 275 g/mol. The fourth-order valence-electron chi connectivity index (χ4n) is 1.95. The molecule has 1 aliphatic carbocycles. The second-order valence-electron chi connectivity index (χ2n) is 5.39. The lowest BCUT2D eigenvalue weighted by Crippen LogP contribution is -2.38. The molecule has 0 heterocycles. The Morgan fingerprint density at radius 2 is 1.85 bits per heavy atom. The third kappa shape index (κ3) is 3.17. The molecule has 20 heavy (non-hydrogen) atoms. The zero-order chi connectivity index (χ0) is 14.8. The highest BCUT2D eigenvalue weighted by molar-refractivity contribution is 6.01. The number of amides is 2. The number of hydrogen-bond acceptors (Lipinski definition) is 3. The molecule has 1 aromatic carbocycles. The Hall–Kier alpha value is -1.88. The van der Waals surface area contributed by atoms with Crippen molar-refractivity contribution < 1.29 is 9.59 Å². The van der Waals surface area contributed by atoms with Crippen LogP contribution in [0.5, 0.6) is 0 Å². The third-order valence-electron chi connectivity index (χ3n) is 3.57. The van der Waals surface area contributed by atoms with Crippen molar-refractivity contribution in [2.75, 3.05) is 10.6 Å². The van der Waals surface area contributed by atoms with E-state index in [1.165, 1.54) is 0 Å². The van der Waals surface area contributed by atoms with Gasteiger partial charge in [0, 0.05) is 17.8 Å². The number of benzene rings is 1. The summed E-state index contributed by atoms with van der Waals surface area (Å²) in [6.07, 6.45) is 2.74. The Labute approximate surface area is 118 Å². The summed E-state index contributed by atoms with van der Waals surface area (Å²) in [5.74, 6) is -0.172. The smallest absolute Gasteiger partial charge is 0.244 e. The zero-order valence-corrected chi connectivity index (χ0v) is 12.0. The molecule has 0 bridgehead atoms. The van der Waals surface area contributed by atoms with Gasteiger partial charge >= 0.3 is 0 Å². The van der Waals surface area contributed by atoms with Crippen molar-refractivity contribution in [3.05, 3.63) is 23.8 Å². The molecule has 0 unspecified atom stereocenters. The number of carbonyl (C=O) groups is 2. The zero-order valence-electron chi connectivity index (χ0n) is 12.0. The van der Waals surface area contributed by atoms with Crippen LogP contribution in [0.3, 0.4) is 0 Å². The topological polar surface area (TPSA) is 84.2 Å². The number of nitrogens with two attached hydrogens (primary N) is 1. The van der Waals surface area contributed by atoms with Crippen LogP contribution < -0.4 is 16.4 Å². The molecule has 0 radical (unpaired) electrons. The number of nitrogens with one attached hydrogen (secondary N) is 2. The van der Waals surface area contributed by atoms with Crippen molar-refractivity contribution >= 4 is 23.2 Å². The van der Waals surface area contributed by atoms with Gasteiger partial charge in [0.1, 0.15) is 0 Å². The van der Waals surface area contributed by atoms with Crippen molar-refractivity contribution in [1.82, 2.24) is 0 Å². The molecule has 5 heteroatoms. The largest absolute Gasteiger partial charge is 0.326 e. The maximum atomic E-state index is 12.0. The van der Waals surface area contributed by atoms with Crippen molar-refractivity contribution in [3.63, 3.8) is 0 Å². The molecule has 0 spiro atoms. The summed E-state index contributed by atoms with van der Waals surface area (Å²) in [7, 11) is 0. The second kappa shape index (κ2) is 5.63. The van der Waals surface area contributed by atoms with E-state index in [1.807, 2.05) is 26.0 Å². The van der Waals surface area contributed by atoms with Crippen LogP contribution in [0.25, 0.3) is 0 Å². The Morgan fingerprint density at radius 3 is 2.40 bits per heavy atom. The van der Waals surface area contributed by atoms with Crippen LogP contribution in [0, 0.1) is 6.92 Å². The van der Waals surface area contributed by atoms with Crippen molar-refractivity contribution in [2.24, 2.45) is 5.73 Å². The minimum atomic E-state index is -0.700. The standard InChI is InChI=1S/C15H21N3O2/c1-3-5-13(19)17-11-6-4-7-12(10(11)2)18-14(20)15(16)8-9-15/h4,6-7H,3,5,8-9,16H2,1-2H3,(H,17,19)(H,18,20). The van der Waals surface area contributed by atoms with Gasteiger partial charge in [-0.2, -0.15) is 0 Å². The van der Waals surface area contributed by atoms with Crippen LogP contribution in [-0.4, -0.2) is 17.4 Å². The van der Waals surface area contributed by atoms with Gasteiger partial charge in [-0.05, 0) is 43.9 Å². The lowest BCUT2D eigenvalue weighted by Gasteiger charge is -2.15. The van der Waals surface area contributed by atoms with Gasteiger partial charge in [0.15, 0.2) is 0 Å². The van der Waals surface area contributed by atoms with E-state index >= 15 is 0 Å². The molecular formula is C15H21N3O2. The van der Waals surface area contributed by atoms with Crippen LogP contribution in [0.4, 0.5) is 11.4 Å². The Bertz CT molecular complexity index is 536. The highest BCUT2D eigenvalue weighted by atomic mass is 16.2. The minimum absolute atomic E-state index is 0.0171. The van der Waals surface area contributed by atoms with Crippen molar-refractivity contribution in [2.45, 2.75) is 45.1 Å². The minimum Gasteiger partial charge on any atom is -0.326 e. The maximum absolute atomic E-state index is 12.0. The SMILES string of the molecule is CCCC(=O)Nc1cccc(NC(=O)C2(N)CC2)c1C. The molecular weight excluding hydrogens is 254 g/mol. The van der Waals surface area contributed by atoms with E-state index < -0.39 is 5.54 Å². The molecule has 0 aromatic heterocycles. The van der Waals surface area contributed by atoms with E-state index in [0.717, 1.165) is 30.5 Å². The highest BCUT2D eigenvalue weighted by Gasteiger charge is 2.46. The first kappa shape index (κ1) is 14.5. The van der Waals surface area contributed by atoms with Gasteiger partial charge in [-0.15, -0.1) is 0 Å². The van der Waals surface area contributed by atoms with E-state index in [1.54, 1.807) is 6.07 Å². The summed E-state index contributed by atoms with van der Waals surface area (Å²) in [5, 5.41) is 5.70. The molecule has 4 N–H and O–H groups in total. The van der Waals surface area contributed by atoms with Gasteiger partial charge < -0.3 is 16.4 Å². The summed E-state index contributed by atoms with van der Waals surface area (Å²) in [5.41, 5.74) is 7.43. The molecule has 1 saturated carbocycles. The number of hydrogen-bond donors (Lipinski definition) is 3. The molecule has 2 rings (SSSR count). The Kier molecular flexibility index (Phi) is 4.09. The first-order valence-electron chi connectivity index (χ1n) is 6.96. The number of anilines is 2. The van der Waals surface area contributed by atoms with E-state index in [-0.39, 0.29) is 11.8 Å². The normalized spacial score (nSPS) is 15.6. The third-order valence-corrected chi connectivity index (χ3v) is 3.57. The fourth-order valence-corrected chi connectivity index (χ4v) is 1.95. The molecule has 0 saturated heterocycles. The first-order valence-corrected chi connectivity index (χ1v) is 6.96. The number of rotatable bonds is 5. The summed E-state index contributed by atoms with van der Waals surface area (Å²) < 4.78 is 0. The lowest BCUT2D eigenvalue weighted by molar-refractivity contribution is -0.118. The molecule has 108 valence electrons. The predicted molar refractivity (Wildman–Crippen MR) is 79.5 cm³/mol. The molecule has 2 amide bonds. The van der Waals surface area contributed by atoms with Gasteiger partial charge in [0.05, 0.1) is 5.54 Å². The molecule has 0 atom stereocenters. The molecule has 1 aliphatic rings. The van der Waals surface area contributed by atoms with E-state index in [9.17, 15) is 9.59 Å². The molecule has 5 nitrogen and oxygen atoms in total. The summed E-state index contributed by atoms with van der Waals surface area (Å²) >= 11 is 0. The van der Waals surface area contributed by atoms with Gasteiger partial charge in [-0.1, -0.05) is 13.0 Å². The Morgan fingerprint density at radius 1 is 1.25 bits per heavy atom. The van der Waals surface area contributed by atoms with Gasteiger partial charge in [-0.3, -0.25) is 9.59 Å². The average molecular weight is 275 g/mol. The molecule has 1 aromatic rings. The second-order valence-corrected chi connectivity index (χ2v) is 5.39. The van der Waals surface area contributed by atoms with Crippen molar-refractivity contribution in [3.8, 4) is 0 Å². The van der Waals surface area contributed by atoms with Crippen LogP contribution in [0.1, 0.15) is 38.2 Å². The average Bonchev–Trinajstić information content (AvgIpc) is 3.14. The fraction of sp³-hybridized carbons (Fsp3) is 0.467. The maximum Gasteiger partial charge on any atom is 0.244 e. The van der Waals surface area contributed by atoms with E-state index in [0.29, 0.717) is 12.1 Å². The summed E-state index contributed by atoms with van der Waals surface area (Å²) in [4.78, 5) is 23.6. The molecule has 0 aliphatic heterocycles.